The molecular formula is C43H50N2O11. The number of fused-ring (bicyclic) bond motifs is 6. The SMILES string of the molecule is CC=CC(=O)C(C)(C)[C@@H]1CC=CC2OC2C=C[C@H](OC)Cc2nc(co2)C(=O)O[C@H](C(C)(C)C(=O)C=CC)CC=C[C@H]2O[C@H]2C=CC=Cc2nc(co2)C(=O)O1. The number of rotatable bonds is 7. The van der Waals surface area contributed by atoms with Gasteiger partial charge in [0.25, 0.3) is 0 Å². The molecule has 2 unspecified atom stereocenters. The molecule has 5 rings (SSSR count). The van der Waals surface area contributed by atoms with Crippen molar-refractivity contribution >= 4 is 29.6 Å². The number of carbonyl (C=O) groups excluding carboxylic acids is 4. The third-order valence-electron chi connectivity index (χ3n) is 9.83. The summed E-state index contributed by atoms with van der Waals surface area (Å²) >= 11 is 0. The zero-order chi connectivity index (χ0) is 40.5. The van der Waals surface area contributed by atoms with Crippen LogP contribution in [0.25, 0.3) is 6.08 Å². The van der Waals surface area contributed by atoms with Crippen molar-refractivity contribution in [2.75, 3.05) is 7.11 Å². The van der Waals surface area contributed by atoms with Crippen molar-refractivity contribution in [1.82, 2.24) is 9.97 Å². The molecule has 0 spiro atoms. The molecule has 0 aromatic carbocycles. The first-order valence-corrected chi connectivity index (χ1v) is 18.6. The number of nitrogens with zero attached hydrogens (tertiary/aromatic N) is 2. The molecule has 2 saturated heterocycles. The number of ether oxygens (including phenoxy) is 5. The molecule has 56 heavy (non-hydrogen) atoms. The highest BCUT2D eigenvalue weighted by atomic mass is 16.6. The summed E-state index contributed by atoms with van der Waals surface area (Å²) < 4.78 is 40.0. The fraction of sp³-hybridized carbons (Fsp3) is 0.442. The van der Waals surface area contributed by atoms with Gasteiger partial charge in [-0.05, 0) is 53.7 Å². The van der Waals surface area contributed by atoms with E-state index in [4.69, 9.17) is 32.5 Å². The van der Waals surface area contributed by atoms with Crippen LogP contribution in [0.3, 0.4) is 0 Å². The lowest BCUT2D eigenvalue weighted by Gasteiger charge is -2.30. The minimum absolute atomic E-state index is 0.0261. The Kier molecular flexibility index (Phi) is 13.9. The van der Waals surface area contributed by atoms with E-state index in [0.717, 1.165) is 0 Å². The van der Waals surface area contributed by atoms with E-state index >= 15 is 0 Å². The summed E-state index contributed by atoms with van der Waals surface area (Å²) in [5.74, 6) is -1.36. The third-order valence-corrected chi connectivity index (χ3v) is 9.83. The Morgan fingerprint density at radius 1 is 0.714 bits per heavy atom. The number of methoxy groups -OCH3 is 1. The molecule has 0 radical (unpaired) electrons. The molecule has 0 aliphatic carbocycles. The lowest BCUT2D eigenvalue weighted by Crippen LogP contribution is -2.39. The van der Waals surface area contributed by atoms with E-state index in [9.17, 15) is 19.2 Å². The van der Waals surface area contributed by atoms with Gasteiger partial charge in [0.15, 0.2) is 28.8 Å². The van der Waals surface area contributed by atoms with E-state index in [2.05, 4.69) is 9.97 Å². The molecule has 4 bridgehead atoms. The number of cyclic esters (lactones) is 2. The van der Waals surface area contributed by atoms with Gasteiger partial charge in [-0.3, -0.25) is 9.59 Å². The molecule has 0 amide bonds. The predicted molar refractivity (Wildman–Crippen MR) is 205 cm³/mol. The summed E-state index contributed by atoms with van der Waals surface area (Å²) in [5, 5.41) is 0. The molecule has 3 aliphatic heterocycles. The molecule has 2 aromatic heterocycles. The first-order chi connectivity index (χ1) is 26.8. The van der Waals surface area contributed by atoms with E-state index in [1.54, 1.807) is 79.0 Å². The molecule has 298 valence electrons. The molecular weight excluding hydrogens is 720 g/mol. The number of hydrogen-bond acceptors (Lipinski definition) is 13. The quantitative estimate of drug-likeness (QED) is 0.124. The number of ketones is 2. The van der Waals surface area contributed by atoms with Gasteiger partial charge in [0.1, 0.15) is 49.2 Å². The van der Waals surface area contributed by atoms with E-state index in [-0.39, 0.29) is 78.4 Å². The summed E-state index contributed by atoms with van der Waals surface area (Å²) in [6, 6.07) is 0. The average molecular weight is 771 g/mol. The fourth-order valence-corrected chi connectivity index (χ4v) is 5.88. The molecule has 5 heterocycles. The highest BCUT2D eigenvalue weighted by Crippen LogP contribution is 2.33. The van der Waals surface area contributed by atoms with Crippen LogP contribution in [0, 0.1) is 10.8 Å². The van der Waals surface area contributed by atoms with Crippen molar-refractivity contribution in [2.45, 2.75) is 104 Å². The molecule has 2 aromatic rings. The third kappa shape index (κ3) is 11.0. The van der Waals surface area contributed by atoms with Gasteiger partial charge in [-0.2, -0.15) is 0 Å². The number of aromatic nitrogens is 2. The number of oxazole rings is 2. The highest BCUT2D eigenvalue weighted by Gasteiger charge is 2.41. The number of carbonyl (C=O) groups is 4. The van der Waals surface area contributed by atoms with Gasteiger partial charge < -0.3 is 32.5 Å². The minimum atomic E-state index is -1.05. The zero-order valence-electron chi connectivity index (χ0n) is 32.8. The first kappa shape index (κ1) is 41.9. The second-order valence-corrected chi connectivity index (χ2v) is 14.7. The Balaban J connectivity index is 1.37. The number of allylic oxidation sites excluding steroid dienone is 6. The molecule has 7 atom stereocenters. The van der Waals surface area contributed by atoms with Crippen LogP contribution in [0.4, 0.5) is 0 Å². The highest BCUT2D eigenvalue weighted by molar-refractivity contribution is 5.96. The number of epoxide rings is 2. The summed E-state index contributed by atoms with van der Waals surface area (Å²) in [6.07, 6.45) is 24.4. The van der Waals surface area contributed by atoms with E-state index < -0.39 is 41.1 Å². The molecule has 13 heteroatoms. The standard InChI is InChI=1S/C43H50N2O11/c1-8-14-34(46)42(3,4)36-20-13-18-32-33(54-32)23-22-27(50-7)24-39-45-29(26-52-39)41(49)56-37(43(5,6)35(47)15-9-2)19-12-17-31-30(53-31)16-10-11-21-38-44-28(25-51-38)40(48)55-36/h8-18,21-23,25-27,30-33,36-37H,19-20,24H2,1-7H3/t27-,30-,31+,32?,33?,36-,37-/m0/s1. The van der Waals surface area contributed by atoms with Gasteiger partial charge in [0.05, 0.1) is 23.4 Å². The molecule has 2 fully saturated rings. The van der Waals surface area contributed by atoms with Gasteiger partial charge in [-0.25, -0.2) is 19.6 Å². The molecule has 0 saturated carbocycles. The Bertz CT molecular complexity index is 1940. The maximum Gasteiger partial charge on any atom is 0.360 e. The summed E-state index contributed by atoms with van der Waals surface area (Å²) in [6.45, 7) is 10.4. The summed E-state index contributed by atoms with van der Waals surface area (Å²) in [7, 11) is 1.55. The summed E-state index contributed by atoms with van der Waals surface area (Å²) in [4.78, 5) is 61.3. The summed E-state index contributed by atoms with van der Waals surface area (Å²) in [5.41, 5.74) is -2.15. The van der Waals surface area contributed by atoms with Crippen LogP contribution in [0.1, 0.15) is 87.1 Å². The van der Waals surface area contributed by atoms with Crippen LogP contribution in [-0.4, -0.2) is 83.3 Å². The van der Waals surface area contributed by atoms with E-state index in [0.29, 0.717) is 0 Å². The monoisotopic (exact) mass is 770 g/mol. The van der Waals surface area contributed by atoms with Crippen molar-refractivity contribution in [2.24, 2.45) is 10.8 Å². The van der Waals surface area contributed by atoms with Crippen LogP contribution >= 0.6 is 0 Å². The smallest absolute Gasteiger partial charge is 0.360 e. The van der Waals surface area contributed by atoms with Gasteiger partial charge in [-0.1, -0.05) is 66.8 Å². The maximum absolute atomic E-state index is 13.3. The van der Waals surface area contributed by atoms with Crippen molar-refractivity contribution < 1.29 is 51.7 Å². The predicted octanol–water partition coefficient (Wildman–Crippen LogP) is 6.88. The fourth-order valence-electron chi connectivity index (χ4n) is 5.88. The van der Waals surface area contributed by atoms with Crippen LogP contribution in [0.15, 0.2) is 100 Å². The van der Waals surface area contributed by atoms with E-state index in [1.807, 2.05) is 42.5 Å². The molecule has 0 N–H and O–H groups in total. The Morgan fingerprint density at radius 2 is 1.23 bits per heavy atom. The Labute approximate surface area is 326 Å². The molecule has 3 aliphatic rings. The van der Waals surface area contributed by atoms with Gasteiger partial charge in [-0.15, -0.1) is 0 Å². The minimum Gasteiger partial charge on any atom is -0.456 e. The van der Waals surface area contributed by atoms with Crippen LogP contribution in [0.5, 0.6) is 0 Å². The van der Waals surface area contributed by atoms with Crippen molar-refractivity contribution in [3.8, 4) is 0 Å². The van der Waals surface area contributed by atoms with Crippen LogP contribution in [-0.2, 0) is 39.7 Å². The van der Waals surface area contributed by atoms with Crippen LogP contribution in [0.2, 0.25) is 0 Å². The lowest BCUT2D eigenvalue weighted by atomic mass is 9.80. The van der Waals surface area contributed by atoms with Crippen molar-refractivity contribution in [3.05, 3.63) is 115 Å². The van der Waals surface area contributed by atoms with E-state index in [1.165, 1.54) is 24.7 Å². The number of hydrogen-bond donors (Lipinski definition) is 0. The van der Waals surface area contributed by atoms with Gasteiger partial charge >= 0.3 is 11.9 Å². The molecule has 13 nitrogen and oxygen atoms in total. The second kappa shape index (κ2) is 18.6. The van der Waals surface area contributed by atoms with Crippen LogP contribution < -0.4 is 0 Å². The average Bonchev–Trinajstić information content (AvgIpc) is 3.96. The van der Waals surface area contributed by atoms with Gasteiger partial charge in [0.2, 0.25) is 5.89 Å². The zero-order valence-corrected chi connectivity index (χ0v) is 32.8. The Hall–Kier alpha value is -5.24. The normalized spacial score (nSPS) is 26.7. The largest absolute Gasteiger partial charge is 0.456 e. The lowest BCUT2D eigenvalue weighted by molar-refractivity contribution is -0.129. The van der Waals surface area contributed by atoms with Crippen molar-refractivity contribution in [1.29, 1.82) is 0 Å². The van der Waals surface area contributed by atoms with Gasteiger partial charge in [0, 0.05) is 26.0 Å². The maximum atomic E-state index is 13.3. The van der Waals surface area contributed by atoms with Crippen molar-refractivity contribution in [3.63, 3.8) is 0 Å². The number of esters is 2. The topological polar surface area (TPSA) is 173 Å². The second-order valence-electron chi connectivity index (χ2n) is 14.7. The first-order valence-electron chi connectivity index (χ1n) is 18.6. The Morgan fingerprint density at radius 3 is 1.79 bits per heavy atom.